The monoisotopic (exact) mass is 339 g/mol. The topological polar surface area (TPSA) is 65.5 Å². The van der Waals surface area contributed by atoms with Crippen molar-refractivity contribution in [1.29, 1.82) is 0 Å². The highest BCUT2D eigenvalue weighted by Crippen LogP contribution is 2.29. The van der Waals surface area contributed by atoms with Gasteiger partial charge in [-0.3, -0.25) is 0 Å². The Labute approximate surface area is 143 Å². The van der Waals surface area contributed by atoms with E-state index in [1.165, 1.54) is 0 Å². The molecule has 4 nitrogen and oxygen atoms in total. The number of fused-ring (bicyclic) bond motifs is 1. The Hall–Kier alpha value is -1.52. The quantitative estimate of drug-likeness (QED) is 0.839. The van der Waals surface area contributed by atoms with Gasteiger partial charge in [0.2, 0.25) is 0 Å². The number of aryl methyl sites for hydroxylation is 2. The molecule has 0 aliphatic heterocycles. The van der Waals surface area contributed by atoms with Crippen molar-refractivity contribution in [3.05, 3.63) is 39.2 Å². The fourth-order valence-corrected chi connectivity index (χ4v) is 2.42. The number of hydrogen-bond donors (Lipinski definition) is 1. The first kappa shape index (κ1) is 19.5. The molecule has 0 aliphatic carbocycles. The maximum atomic E-state index is 11.9. The molecule has 1 unspecified atom stereocenters. The van der Waals surface area contributed by atoms with Gasteiger partial charge in [-0.25, -0.2) is 4.79 Å². The second kappa shape index (κ2) is 7.84. The van der Waals surface area contributed by atoms with Crippen LogP contribution in [0.25, 0.3) is 11.0 Å². The summed E-state index contributed by atoms with van der Waals surface area (Å²) in [5.41, 5.74) is 8.82. The zero-order valence-electron chi connectivity index (χ0n) is 14.4. The molecular weight excluding hydrogens is 314 g/mol. The van der Waals surface area contributed by atoms with Gasteiger partial charge in [0, 0.05) is 22.6 Å². The number of nitrogens with two attached hydrogens (primary N) is 1. The van der Waals surface area contributed by atoms with Gasteiger partial charge < -0.3 is 14.9 Å². The van der Waals surface area contributed by atoms with E-state index in [1.807, 2.05) is 26.0 Å². The van der Waals surface area contributed by atoms with Gasteiger partial charge >= 0.3 is 5.63 Å². The van der Waals surface area contributed by atoms with Crippen LogP contribution >= 0.6 is 12.4 Å². The van der Waals surface area contributed by atoms with E-state index in [1.54, 1.807) is 6.92 Å². The second-order valence-electron chi connectivity index (χ2n) is 6.25. The van der Waals surface area contributed by atoms with Crippen molar-refractivity contribution < 1.29 is 9.15 Å². The van der Waals surface area contributed by atoms with E-state index in [0.717, 1.165) is 28.7 Å². The number of ether oxygens (including phenoxy) is 1. The molecule has 0 amide bonds. The highest BCUT2D eigenvalue weighted by atomic mass is 35.5. The van der Waals surface area contributed by atoms with Crippen molar-refractivity contribution in [1.82, 2.24) is 0 Å². The third-order valence-electron chi connectivity index (χ3n) is 4.39. The van der Waals surface area contributed by atoms with E-state index in [0.29, 0.717) is 23.7 Å². The van der Waals surface area contributed by atoms with Crippen LogP contribution in [0.3, 0.4) is 0 Å². The highest BCUT2D eigenvalue weighted by molar-refractivity contribution is 5.85. The molecule has 1 heterocycles. The predicted molar refractivity (Wildman–Crippen MR) is 96.9 cm³/mol. The minimum atomic E-state index is -0.285. The maximum absolute atomic E-state index is 11.9. The standard InChI is InChI=1S/C18H25NO3.ClH/c1-10(2)15(19)8-9-21-16-7-6-14-11(3)12(4)18(20)22-17(14)13(16)5;/h6-7,10,15H,8-9,19H2,1-5H3;1H. The molecule has 23 heavy (non-hydrogen) atoms. The van der Waals surface area contributed by atoms with Crippen LogP contribution in [0.2, 0.25) is 0 Å². The lowest BCUT2D eigenvalue weighted by molar-refractivity contribution is 0.281. The van der Waals surface area contributed by atoms with E-state index in [4.69, 9.17) is 14.9 Å². The van der Waals surface area contributed by atoms with Crippen LogP contribution in [0.15, 0.2) is 21.3 Å². The largest absolute Gasteiger partial charge is 0.493 e. The van der Waals surface area contributed by atoms with E-state index >= 15 is 0 Å². The molecule has 0 radical (unpaired) electrons. The summed E-state index contributed by atoms with van der Waals surface area (Å²) >= 11 is 0. The van der Waals surface area contributed by atoms with E-state index in [-0.39, 0.29) is 24.1 Å². The van der Waals surface area contributed by atoms with Crippen molar-refractivity contribution in [2.24, 2.45) is 11.7 Å². The van der Waals surface area contributed by atoms with Gasteiger partial charge in [0.25, 0.3) is 0 Å². The van der Waals surface area contributed by atoms with Gasteiger partial charge in [0.1, 0.15) is 11.3 Å². The Morgan fingerprint density at radius 3 is 2.39 bits per heavy atom. The number of hydrogen-bond acceptors (Lipinski definition) is 4. The molecule has 0 aliphatic rings. The number of halogens is 1. The summed E-state index contributed by atoms with van der Waals surface area (Å²) in [5, 5.41) is 0.959. The third-order valence-corrected chi connectivity index (χ3v) is 4.39. The van der Waals surface area contributed by atoms with Crippen LogP contribution in [0.4, 0.5) is 0 Å². The summed E-state index contributed by atoms with van der Waals surface area (Å²) in [5.74, 6) is 1.18. The number of rotatable bonds is 5. The van der Waals surface area contributed by atoms with Crippen LogP contribution < -0.4 is 16.1 Å². The first-order valence-electron chi connectivity index (χ1n) is 7.75. The van der Waals surface area contributed by atoms with Crippen molar-refractivity contribution in [2.75, 3.05) is 6.61 Å². The fraction of sp³-hybridized carbons (Fsp3) is 0.500. The summed E-state index contributed by atoms with van der Waals surface area (Å²) in [4.78, 5) is 11.9. The Morgan fingerprint density at radius 2 is 1.78 bits per heavy atom. The molecule has 2 aromatic rings. The minimum Gasteiger partial charge on any atom is -0.493 e. The van der Waals surface area contributed by atoms with Crippen LogP contribution in [-0.2, 0) is 0 Å². The molecule has 2 N–H and O–H groups in total. The summed E-state index contributed by atoms with van der Waals surface area (Å²) in [6.07, 6.45) is 0.798. The van der Waals surface area contributed by atoms with Gasteiger partial charge in [-0.15, -0.1) is 12.4 Å². The molecule has 0 fully saturated rings. The molecular formula is C18H26ClNO3. The first-order chi connectivity index (χ1) is 10.3. The zero-order chi connectivity index (χ0) is 16.4. The fourth-order valence-electron chi connectivity index (χ4n) is 2.42. The van der Waals surface area contributed by atoms with Gasteiger partial charge in [-0.05, 0) is 50.8 Å². The molecule has 2 rings (SSSR count). The lowest BCUT2D eigenvalue weighted by atomic mass is 10.0. The van der Waals surface area contributed by atoms with Crippen molar-refractivity contribution in [2.45, 2.75) is 47.1 Å². The lowest BCUT2D eigenvalue weighted by Crippen LogP contribution is -2.28. The lowest BCUT2D eigenvalue weighted by Gasteiger charge is -2.17. The third kappa shape index (κ3) is 4.06. The normalized spacial score (nSPS) is 12.3. The smallest absolute Gasteiger partial charge is 0.339 e. The molecule has 1 aromatic heterocycles. The molecule has 5 heteroatoms. The van der Waals surface area contributed by atoms with Gasteiger partial charge in [-0.2, -0.15) is 0 Å². The molecule has 1 aromatic carbocycles. The van der Waals surface area contributed by atoms with Crippen molar-refractivity contribution >= 4 is 23.4 Å². The Bertz CT molecular complexity index is 737. The van der Waals surface area contributed by atoms with Crippen molar-refractivity contribution in [3.8, 4) is 5.75 Å². The van der Waals surface area contributed by atoms with Crippen LogP contribution in [0.1, 0.15) is 37.0 Å². The second-order valence-corrected chi connectivity index (χ2v) is 6.25. The summed E-state index contributed by atoms with van der Waals surface area (Å²) in [7, 11) is 0. The number of benzene rings is 1. The molecule has 128 valence electrons. The zero-order valence-corrected chi connectivity index (χ0v) is 15.3. The Balaban J connectivity index is 0.00000264. The SMILES string of the molecule is Cc1c(C)c2ccc(OCCC(N)C(C)C)c(C)c2oc1=O.Cl. The first-order valence-corrected chi connectivity index (χ1v) is 7.75. The highest BCUT2D eigenvalue weighted by Gasteiger charge is 2.13. The van der Waals surface area contributed by atoms with Gasteiger partial charge in [-0.1, -0.05) is 13.8 Å². The average Bonchev–Trinajstić information content (AvgIpc) is 2.47. The van der Waals surface area contributed by atoms with Gasteiger partial charge in [0.05, 0.1) is 6.61 Å². The Kier molecular flexibility index (Phi) is 6.66. The Morgan fingerprint density at radius 1 is 1.13 bits per heavy atom. The molecule has 0 bridgehead atoms. The maximum Gasteiger partial charge on any atom is 0.339 e. The summed E-state index contributed by atoms with van der Waals surface area (Å²) < 4.78 is 11.3. The average molecular weight is 340 g/mol. The van der Waals surface area contributed by atoms with Crippen LogP contribution in [0.5, 0.6) is 5.75 Å². The van der Waals surface area contributed by atoms with Crippen LogP contribution in [-0.4, -0.2) is 12.6 Å². The van der Waals surface area contributed by atoms with E-state index in [2.05, 4.69) is 13.8 Å². The molecule has 0 saturated carbocycles. The molecule has 0 spiro atoms. The van der Waals surface area contributed by atoms with Gasteiger partial charge in [0.15, 0.2) is 0 Å². The minimum absolute atomic E-state index is 0. The molecule has 0 saturated heterocycles. The predicted octanol–water partition coefficient (Wildman–Crippen LogP) is 3.89. The summed E-state index contributed by atoms with van der Waals surface area (Å²) in [6, 6.07) is 4.01. The van der Waals surface area contributed by atoms with E-state index < -0.39 is 0 Å². The summed E-state index contributed by atoms with van der Waals surface area (Å²) in [6.45, 7) is 10.4. The van der Waals surface area contributed by atoms with Crippen LogP contribution in [0, 0.1) is 26.7 Å². The van der Waals surface area contributed by atoms with E-state index in [9.17, 15) is 4.79 Å². The van der Waals surface area contributed by atoms with Crippen molar-refractivity contribution in [3.63, 3.8) is 0 Å². The molecule has 1 atom stereocenters.